The van der Waals surface area contributed by atoms with Gasteiger partial charge in [0.2, 0.25) is 0 Å². The van der Waals surface area contributed by atoms with Crippen molar-refractivity contribution in [3.05, 3.63) is 21.6 Å². The second kappa shape index (κ2) is 4.63. The number of aromatic nitrogens is 2. The van der Waals surface area contributed by atoms with E-state index in [-0.39, 0.29) is 27.6 Å². The quantitative estimate of drug-likeness (QED) is 0.928. The standard InChI is InChI=1S/C13H17ClF3N3O/c1-11(2)10(12(11,3)4)19-7-5-18-20(6-13(15,16)17)9(21)8(7)14/h5,10,19H,6H2,1-4H3. The number of halogens is 4. The molecule has 0 radical (unpaired) electrons. The highest BCUT2D eigenvalue weighted by molar-refractivity contribution is 6.32. The van der Waals surface area contributed by atoms with Gasteiger partial charge in [-0.1, -0.05) is 39.3 Å². The van der Waals surface area contributed by atoms with E-state index in [1.807, 2.05) is 0 Å². The van der Waals surface area contributed by atoms with Gasteiger partial charge < -0.3 is 5.32 Å². The molecule has 0 saturated heterocycles. The summed E-state index contributed by atoms with van der Waals surface area (Å²) in [6, 6.07) is 0.0715. The molecule has 0 unspecified atom stereocenters. The molecule has 4 nitrogen and oxygen atoms in total. The van der Waals surface area contributed by atoms with Crippen LogP contribution < -0.4 is 10.9 Å². The lowest BCUT2D eigenvalue weighted by atomic mass is 10.0. The Morgan fingerprint density at radius 2 is 1.86 bits per heavy atom. The fourth-order valence-electron chi connectivity index (χ4n) is 2.56. The van der Waals surface area contributed by atoms with Crippen LogP contribution in [-0.4, -0.2) is 22.0 Å². The molecule has 1 fully saturated rings. The normalized spacial score (nSPS) is 20.4. The molecule has 8 heteroatoms. The van der Waals surface area contributed by atoms with Crippen LogP contribution in [0.25, 0.3) is 0 Å². The monoisotopic (exact) mass is 323 g/mol. The molecule has 1 aliphatic carbocycles. The zero-order valence-electron chi connectivity index (χ0n) is 12.2. The highest BCUT2D eigenvalue weighted by Gasteiger charge is 2.65. The van der Waals surface area contributed by atoms with Gasteiger partial charge in [-0.3, -0.25) is 4.79 Å². The Balaban J connectivity index is 2.25. The third-order valence-corrected chi connectivity index (χ3v) is 5.00. The molecular formula is C13H17ClF3N3O. The largest absolute Gasteiger partial charge is 0.408 e. The topological polar surface area (TPSA) is 46.9 Å². The summed E-state index contributed by atoms with van der Waals surface area (Å²) in [5.41, 5.74) is -0.687. The van der Waals surface area contributed by atoms with E-state index in [9.17, 15) is 18.0 Å². The van der Waals surface area contributed by atoms with E-state index in [4.69, 9.17) is 11.6 Å². The zero-order valence-corrected chi connectivity index (χ0v) is 12.9. The number of hydrogen-bond acceptors (Lipinski definition) is 3. The molecule has 0 aromatic carbocycles. The summed E-state index contributed by atoms with van der Waals surface area (Å²) in [5.74, 6) is 0. The van der Waals surface area contributed by atoms with Gasteiger partial charge in [-0.2, -0.15) is 18.3 Å². The molecule has 0 amide bonds. The summed E-state index contributed by atoms with van der Waals surface area (Å²) < 4.78 is 37.3. The third kappa shape index (κ3) is 2.75. The lowest BCUT2D eigenvalue weighted by molar-refractivity contribution is -0.143. The number of nitrogens with one attached hydrogen (secondary N) is 1. The van der Waals surface area contributed by atoms with Crippen molar-refractivity contribution in [2.45, 2.75) is 46.5 Å². The highest BCUT2D eigenvalue weighted by atomic mass is 35.5. The van der Waals surface area contributed by atoms with E-state index >= 15 is 0 Å². The molecule has 118 valence electrons. The van der Waals surface area contributed by atoms with Crippen LogP contribution >= 0.6 is 11.6 Å². The van der Waals surface area contributed by atoms with Crippen LogP contribution in [0.3, 0.4) is 0 Å². The minimum Gasteiger partial charge on any atom is -0.379 e. The molecule has 0 aliphatic heterocycles. The van der Waals surface area contributed by atoms with Gasteiger partial charge in [0.05, 0.1) is 11.9 Å². The lowest BCUT2D eigenvalue weighted by Crippen LogP contribution is -2.31. The van der Waals surface area contributed by atoms with Crippen LogP contribution in [0, 0.1) is 10.8 Å². The Hall–Kier alpha value is -1.24. The minimum absolute atomic E-state index is 0.00282. The molecule has 1 heterocycles. The van der Waals surface area contributed by atoms with Gasteiger partial charge in [-0.05, 0) is 10.8 Å². The maximum absolute atomic E-state index is 12.3. The summed E-state index contributed by atoms with van der Waals surface area (Å²) in [5, 5.41) is 6.37. The summed E-state index contributed by atoms with van der Waals surface area (Å²) in [6.07, 6.45) is -3.35. The first kappa shape index (κ1) is 16.1. The minimum atomic E-state index is -4.52. The Labute approximate surface area is 125 Å². The highest BCUT2D eigenvalue weighted by Crippen LogP contribution is 2.63. The average Bonchev–Trinajstić information content (AvgIpc) is 2.69. The van der Waals surface area contributed by atoms with E-state index in [1.54, 1.807) is 0 Å². The molecule has 1 aromatic rings. The van der Waals surface area contributed by atoms with Crippen LogP contribution in [0.5, 0.6) is 0 Å². The molecule has 2 rings (SSSR count). The summed E-state index contributed by atoms with van der Waals surface area (Å²) in [4.78, 5) is 11.8. The number of nitrogens with zero attached hydrogens (tertiary/aromatic N) is 2. The van der Waals surface area contributed by atoms with Crippen molar-refractivity contribution in [2.24, 2.45) is 10.8 Å². The first-order valence-corrected chi connectivity index (χ1v) is 6.84. The Morgan fingerprint density at radius 3 is 2.29 bits per heavy atom. The predicted octanol–water partition coefficient (Wildman–Crippen LogP) is 3.31. The molecule has 1 aromatic heterocycles. The first-order valence-electron chi connectivity index (χ1n) is 6.47. The molecule has 0 bridgehead atoms. The van der Waals surface area contributed by atoms with Gasteiger partial charge in [0.25, 0.3) is 5.56 Å². The maximum Gasteiger partial charge on any atom is 0.408 e. The van der Waals surface area contributed by atoms with Crippen molar-refractivity contribution < 1.29 is 13.2 Å². The Bertz CT molecular complexity index is 608. The van der Waals surface area contributed by atoms with Crippen LogP contribution in [0.4, 0.5) is 18.9 Å². The average molecular weight is 324 g/mol. The van der Waals surface area contributed by atoms with Crippen LogP contribution in [-0.2, 0) is 6.54 Å². The van der Waals surface area contributed by atoms with Crippen molar-refractivity contribution in [1.29, 1.82) is 0 Å². The molecule has 1 aliphatic rings. The molecular weight excluding hydrogens is 307 g/mol. The van der Waals surface area contributed by atoms with Gasteiger partial charge in [0, 0.05) is 6.04 Å². The van der Waals surface area contributed by atoms with Crippen molar-refractivity contribution in [3.8, 4) is 0 Å². The third-order valence-electron chi connectivity index (χ3n) is 4.63. The SMILES string of the molecule is CC1(C)C(Nc2cnn(CC(F)(F)F)c(=O)c2Cl)C1(C)C. The summed E-state index contributed by atoms with van der Waals surface area (Å²) in [7, 11) is 0. The Morgan fingerprint density at radius 1 is 1.33 bits per heavy atom. The lowest BCUT2D eigenvalue weighted by Gasteiger charge is -2.12. The van der Waals surface area contributed by atoms with Gasteiger partial charge in [-0.15, -0.1) is 0 Å². The van der Waals surface area contributed by atoms with E-state index < -0.39 is 18.3 Å². The van der Waals surface area contributed by atoms with Crippen molar-refractivity contribution in [2.75, 3.05) is 5.32 Å². The van der Waals surface area contributed by atoms with Gasteiger partial charge in [0.15, 0.2) is 0 Å². The predicted molar refractivity (Wildman–Crippen MR) is 74.5 cm³/mol. The number of alkyl halides is 3. The second-order valence-electron chi connectivity index (χ2n) is 6.47. The second-order valence-corrected chi connectivity index (χ2v) is 6.85. The molecule has 1 saturated carbocycles. The molecule has 21 heavy (non-hydrogen) atoms. The molecule has 0 atom stereocenters. The van der Waals surface area contributed by atoms with E-state index in [0.717, 1.165) is 0 Å². The van der Waals surface area contributed by atoms with Crippen molar-refractivity contribution >= 4 is 17.3 Å². The first-order chi connectivity index (χ1) is 9.38. The van der Waals surface area contributed by atoms with Crippen molar-refractivity contribution in [3.63, 3.8) is 0 Å². The van der Waals surface area contributed by atoms with E-state index in [0.29, 0.717) is 4.68 Å². The molecule has 0 spiro atoms. The smallest absolute Gasteiger partial charge is 0.379 e. The van der Waals surface area contributed by atoms with E-state index in [1.165, 1.54) is 6.20 Å². The molecule has 1 N–H and O–H groups in total. The fraction of sp³-hybridized carbons (Fsp3) is 0.692. The number of hydrogen-bond donors (Lipinski definition) is 1. The maximum atomic E-state index is 12.3. The van der Waals surface area contributed by atoms with Gasteiger partial charge in [0.1, 0.15) is 11.6 Å². The fourth-order valence-corrected chi connectivity index (χ4v) is 2.76. The van der Waals surface area contributed by atoms with Crippen molar-refractivity contribution in [1.82, 2.24) is 9.78 Å². The zero-order chi connectivity index (χ0) is 16.2. The van der Waals surface area contributed by atoms with E-state index in [2.05, 4.69) is 38.1 Å². The van der Waals surface area contributed by atoms with Gasteiger partial charge in [-0.25, -0.2) is 4.68 Å². The number of rotatable bonds is 3. The Kier molecular flexibility index (Phi) is 3.56. The number of anilines is 1. The summed E-state index contributed by atoms with van der Waals surface area (Å²) >= 11 is 5.88. The van der Waals surface area contributed by atoms with Gasteiger partial charge >= 0.3 is 6.18 Å². The van der Waals surface area contributed by atoms with Crippen LogP contribution in [0.2, 0.25) is 5.02 Å². The van der Waals surface area contributed by atoms with Crippen LogP contribution in [0.15, 0.2) is 11.0 Å². The van der Waals surface area contributed by atoms with Crippen LogP contribution in [0.1, 0.15) is 27.7 Å². The summed E-state index contributed by atoms with van der Waals surface area (Å²) in [6.45, 7) is 6.81.